The number of rotatable bonds is 5. The van der Waals surface area contributed by atoms with Crippen LogP contribution >= 0.6 is 0 Å². The number of hydrogen-bond donors (Lipinski definition) is 1. The fourth-order valence-corrected chi connectivity index (χ4v) is 2.49. The van der Waals surface area contributed by atoms with Crippen LogP contribution in [0.3, 0.4) is 0 Å². The molecule has 1 N–H and O–H groups in total. The van der Waals surface area contributed by atoms with E-state index in [1.807, 2.05) is 36.1 Å². The van der Waals surface area contributed by atoms with Crippen molar-refractivity contribution in [3.05, 3.63) is 29.8 Å². The average molecular weight is 262 g/mol. The number of amides is 1. The van der Waals surface area contributed by atoms with Crippen molar-refractivity contribution in [2.45, 2.75) is 38.9 Å². The van der Waals surface area contributed by atoms with Gasteiger partial charge in [0.2, 0.25) is 5.91 Å². The Hall–Kier alpha value is -1.55. The van der Waals surface area contributed by atoms with E-state index in [-0.39, 0.29) is 18.1 Å². The molecule has 2 atom stereocenters. The van der Waals surface area contributed by atoms with E-state index in [0.29, 0.717) is 0 Å². The van der Waals surface area contributed by atoms with Gasteiger partial charge >= 0.3 is 0 Å². The highest BCUT2D eigenvalue weighted by Gasteiger charge is 2.37. The Morgan fingerprint density at radius 3 is 2.79 bits per heavy atom. The third-order valence-electron chi connectivity index (χ3n) is 3.56. The van der Waals surface area contributed by atoms with E-state index in [1.54, 1.807) is 7.11 Å². The van der Waals surface area contributed by atoms with Gasteiger partial charge in [0.15, 0.2) is 0 Å². The number of carbonyl (C=O) groups is 1. The van der Waals surface area contributed by atoms with Crippen LogP contribution in [0.5, 0.6) is 5.75 Å². The fraction of sp³-hybridized carbons (Fsp3) is 0.533. The standard InChI is InChI=1S/C15H22N2O2/c1-4-5-10-17-14(16-11(2)15(17)18)12-8-6-7-9-13(12)19-3/h6-9,11,14,16H,4-5,10H2,1-3H3. The SMILES string of the molecule is CCCCN1C(=O)C(C)NC1c1ccccc1OC. The number of nitrogens with one attached hydrogen (secondary N) is 1. The van der Waals surface area contributed by atoms with Crippen LogP contribution in [-0.4, -0.2) is 30.5 Å². The van der Waals surface area contributed by atoms with Crippen LogP contribution in [0.1, 0.15) is 38.4 Å². The molecule has 0 saturated carbocycles. The highest BCUT2D eigenvalue weighted by Crippen LogP contribution is 2.31. The first-order valence-electron chi connectivity index (χ1n) is 6.88. The van der Waals surface area contributed by atoms with E-state index in [1.165, 1.54) is 0 Å². The zero-order valence-electron chi connectivity index (χ0n) is 11.8. The summed E-state index contributed by atoms with van der Waals surface area (Å²) in [6.45, 7) is 4.83. The van der Waals surface area contributed by atoms with Crippen LogP contribution < -0.4 is 10.1 Å². The first kappa shape index (κ1) is 13.9. The highest BCUT2D eigenvalue weighted by atomic mass is 16.5. The number of methoxy groups -OCH3 is 1. The van der Waals surface area contributed by atoms with E-state index in [0.717, 1.165) is 30.7 Å². The summed E-state index contributed by atoms with van der Waals surface area (Å²) in [5.74, 6) is 0.993. The van der Waals surface area contributed by atoms with Crippen LogP contribution in [0.25, 0.3) is 0 Å². The zero-order chi connectivity index (χ0) is 13.8. The van der Waals surface area contributed by atoms with Crippen LogP contribution in [-0.2, 0) is 4.79 Å². The Morgan fingerprint density at radius 2 is 2.11 bits per heavy atom. The zero-order valence-corrected chi connectivity index (χ0v) is 11.8. The van der Waals surface area contributed by atoms with E-state index in [2.05, 4.69) is 12.2 Å². The molecule has 4 heteroatoms. The number of carbonyl (C=O) groups excluding carboxylic acids is 1. The highest BCUT2D eigenvalue weighted by molar-refractivity contribution is 5.84. The molecule has 0 bridgehead atoms. The lowest BCUT2D eigenvalue weighted by molar-refractivity contribution is -0.129. The van der Waals surface area contributed by atoms with E-state index in [9.17, 15) is 4.79 Å². The Labute approximate surface area is 114 Å². The minimum Gasteiger partial charge on any atom is -0.496 e. The Kier molecular flexibility index (Phi) is 4.43. The third kappa shape index (κ3) is 2.73. The molecule has 1 heterocycles. The first-order chi connectivity index (χ1) is 9.19. The summed E-state index contributed by atoms with van der Waals surface area (Å²) in [7, 11) is 1.66. The van der Waals surface area contributed by atoms with Gasteiger partial charge in [0.1, 0.15) is 11.9 Å². The summed E-state index contributed by atoms with van der Waals surface area (Å²) in [6, 6.07) is 7.74. The van der Waals surface area contributed by atoms with Crippen LogP contribution in [0.4, 0.5) is 0 Å². The molecule has 2 unspecified atom stereocenters. The normalized spacial score (nSPS) is 22.9. The van der Waals surface area contributed by atoms with E-state index < -0.39 is 0 Å². The molecule has 4 nitrogen and oxygen atoms in total. The van der Waals surface area contributed by atoms with Crippen molar-refractivity contribution in [2.24, 2.45) is 0 Å². The molecule has 19 heavy (non-hydrogen) atoms. The molecule has 1 aliphatic rings. The van der Waals surface area contributed by atoms with Crippen molar-refractivity contribution >= 4 is 5.91 Å². The number of unbranched alkanes of at least 4 members (excludes halogenated alkanes) is 1. The number of para-hydroxylation sites is 1. The molecule has 1 saturated heterocycles. The monoisotopic (exact) mass is 262 g/mol. The maximum absolute atomic E-state index is 12.2. The second-order valence-corrected chi connectivity index (χ2v) is 4.92. The number of hydrogen-bond acceptors (Lipinski definition) is 3. The van der Waals surface area contributed by atoms with Gasteiger partial charge in [0.05, 0.1) is 13.2 Å². The average Bonchev–Trinajstić information content (AvgIpc) is 2.72. The topological polar surface area (TPSA) is 41.6 Å². The van der Waals surface area contributed by atoms with Gasteiger partial charge in [0.25, 0.3) is 0 Å². The van der Waals surface area contributed by atoms with Gasteiger partial charge in [-0.05, 0) is 19.4 Å². The summed E-state index contributed by atoms with van der Waals surface area (Å²) >= 11 is 0. The Balaban J connectivity index is 2.28. The van der Waals surface area contributed by atoms with E-state index in [4.69, 9.17) is 4.74 Å². The van der Waals surface area contributed by atoms with Crippen LogP contribution in [0.15, 0.2) is 24.3 Å². The molecule has 1 amide bonds. The molecule has 0 radical (unpaired) electrons. The Morgan fingerprint density at radius 1 is 1.37 bits per heavy atom. The smallest absolute Gasteiger partial charge is 0.241 e. The predicted octanol–water partition coefficient (Wildman–Crippen LogP) is 2.31. The molecule has 0 spiro atoms. The van der Waals surface area contributed by atoms with Gasteiger partial charge in [0, 0.05) is 12.1 Å². The molecule has 1 aromatic carbocycles. The largest absolute Gasteiger partial charge is 0.496 e. The molecular formula is C15H22N2O2. The van der Waals surface area contributed by atoms with Crippen LogP contribution in [0.2, 0.25) is 0 Å². The second-order valence-electron chi connectivity index (χ2n) is 4.92. The quantitative estimate of drug-likeness (QED) is 0.885. The fourth-order valence-electron chi connectivity index (χ4n) is 2.49. The summed E-state index contributed by atoms with van der Waals surface area (Å²) in [6.07, 6.45) is 2.02. The second kappa shape index (κ2) is 6.06. The van der Waals surface area contributed by atoms with Gasteiger partial charge < -0.3 is 9.64 Å². The Bertz CT molecular complexity index is 448. The molecule has 1 aromatic rings. The van der Waals surface area contributed by atoms with E-state index >= 15 is 0 Å². The number of nitrogens with zero attached hydrogens (tertiary/aromatic N) is 1. The summed E-state index contributed by atoms with van der Waals surface area (Å²) in [5, 5.41) is 3.35. The summed E-state index contributed by atoms with van der Waals surface area (Å²) in [4.78, 5) is 14.1. The van der Waals surface area contributed by atoms with Crippen molar-refractivity contribution in [2.75, 3.05) is 13.7 Å². The predicted molar refractivity (Wildman–Crippen MR) is 75.0 cm³/mol. The van der Waals surface area contributed by atoms with Gasteiger partial charge in [-0.2, -0.15) is 0 Å². The maximum Gasteiger partial charge on any atom is 0.241 e. The van der Waals surface area contributed by atoms with Gasteiger partial charge in [-0.3, -0.25) is 10.1 Å². The molecule has 2 rings (SSSR count). The van der Waals surface area contributed by atoms with Crippen molar-refractivity contribution in [1.82, 2.24) is 10.2 Å². The van der Waals surface area contributed by atoms with Gasteiger partial charge in [-0.25, -0.2) is 0 Å². The van der Waals surface area contributed by atoms with Crippen molar-refractivity contribution in [3.63, 3.8) is 0 Å². The number of ether oxygens (including phenoxy) is 1. The lowest BCUT2D eigenvalue weighted by atomic mass is 10.1. The lowest BCUT2D eigenvalue weighted by Gasteiger charge is -2.25. The van der Waals surface area contributed by atoms with Gasteiger partial charge in [-0.15, -0.1) is 0 Å². The maximum atomic E-state index is 12.2. The molecule has 1 fully saturated rings. The molecule has 1 aliphatic heterocycles. The molecular weight excluding hydrogens is 240 g/mol. The minimum absolute atomic E-state index is 0.0785. The molecule has 0 aromatic heterocycles. The first-order valence-corrected chi connectivity index (χ1v) is 6.88. The summed E-state index contributed by atoms with van der Waals surface area (Å²) < 4.78 is 5.40. The van der Waals surface area contributed by atoms with Crippen molar-refractivity contribution in [1.29, 1.82) is 0 Å². The minimum atomic E-state index is -0.133. The third-order valence-corrected chi connectivity index (χ3v) is 3.56. The summed E-state index contributed by atoms with van der Waals surface area (Å²) in [5.41, 5.74) is 1.03. The lowest BCUT2D eigenvalue weighted by Crippen LogP contribution is -2.31. The molecule has 0 aliphatic carbocycles. The van der Waals surface area contributed by atoms with Crippen LogP contribution in [0, 0.1) is 0 Å². The van der Waals surface area contributed by atoms with Crippen molar-refractivity contribution < 1.29 is 9.53 Å². The van der Waals surface area contributed by atoms with Gasteiger partial charge in [-0.1, -0.05) is 31.5 Å². The molecule has 104 valence electrons. The number of benzene rings is 1. The van der Waals surface area contributed by atoms with Crippen molar-refractivity contribution in [3.8, 4) is 5.75 Å².